The molecular formula is H5O9P3Zr2. The molecule has 0 saturated carbocycles. The van der Waals surface area contributed by atoms with Crippen LogP contribution in [0.3, 0.4) is 0 Å². The maximum absolute atomic E-state index is 10.2. The van der Waals surface area contributed by atoms with Crippen molar-refractivity contribution < 1.29 is 94.3 Å². The summed E-state index contributed by atoms with van der Waals surface area (Å²) in [7, 11) is -14.0. The van der Waals surface area contributed by atoms with Gasteiger partial charge in [-0.3, -0.25) is 4.57 Å². The SMILES string of the molecule is O=[PH](OP(=O)(O)O)OP(=O)(O)O.[Zr].[Zr]. The van der Waals surface area contributed by atoms with Gasteiger partial charge in [0.1, 0.15) is 0 Å². The average molecular weight is 424 g/mol. The van der Waals surface area contributed by atoms with Crippen LogP contribution in [-0.2, 0) is 74.7 Å². The summed E-state index contributed by atoms with van der Waals surface area (Å²) in [5.74, 6) is 0. The van der Waals surface area contributed by atoms with Gasteiger partial charge in [-0.25, -0.2) is 17.8 Å². The molecule has 82 valence electrons. The number of hydrogen-bond donors (Lipinski definition) is 4. The summed E-state index contributed by atoms with van der Waals surface area (Å²) < 4.78 is 36.6. The third-order valence-corrected chi connectivity index (χ3v) is 3.48. The van der Waals surface area contributed by atoms with Crippen molar-refractivity contribution in [2.24, 2.45) is 0 Å². The van der Waals surface area contributed by atoms with Gasteiger partial charge in [-0.15, -0.1) is 0 Å². The molecule has 0 heterocycles. The van der Waals surface area contributed by atoms with Crippen LogP contribution in [0.25, 0.3) is 0 Å². The van der Waals surface area contributed by atoms with E-state index in [-0.39, 0.29) is 52.4 Å². The van der Waals surface area contributed by atoms with E-state index in [1.54, 1.807) is 0 Å². The zero-order valence-electron chi connectivity index (χ0n) is 6.22. The Hall–Kier alpha value is 2.22. The van der Waals surface area contributed by atoms with Gasteiger partial charge in [0.25, 0.3) is 0 Å². The molecule has 4 N–H and O–H groups in total. The van der Waals surface area contributed by atoms with Crippen LogP contribution >= 0.6 is 23.9 Å². The molecule has 9 nitrogen and oxygen atoms in total. The summed E-state index contributed by atoms with van der Waals surface area (Å²) in [6.45, 7) is 0. The van der Waals surface area contributed by atoms with E-state index in [0.717, 1.165) is 0 Å². The van der Waals surface area contributed by atoms with E-state index in [0.29, 0.717) is 0 Å². The second-order valence-electron chi connectivity index (χ2n) is 1.41. The predicted octanol–water partition coefficient (Wildman–Crippen LogP) is -0.410. The summed E-state index contributed by atoms with van der Waals surface area (Å²) >= 11 is 0. The van der Waals surface area contributed by atoms with E-state index in [4.69, 9.17) is 19.6 Å². The van der Waals surface area contributed by atoms with Gasteiger partial charge in [-0.1, -0.05) is 0 Å². The van der Waals surface area contributed by atoms with E-state index in [2.05, 4.69) is 8.62 Å². The van der Waals surface area contributed by atoms with Gasteiger partial charge in [0, 0.05) is 52.4 Å². The second kappa shape index (κ2) is 8.33. The minimum Gasteiger partial charge on any atom is -0.302 e. The minimum absolute atomic E-state index is 0. The Bertz CT molecular complexity index is 233. The quantitative estimate of drug-likeness (QED) is 0.442. The van der Waals surface area contributed by atoms with Crippen molar-refractivity contribution in [1.29, 1.82) is 0 Å². The van der Waals surface area contributed by atoms with Crippen LogP contribution in [0.15, 0.2) is 0 Å². The summed E-state index contributed by atoms with van der Waals surface area (Å²) in [6, 6.07) is 0. The number of rotatable bonds is 4. The van der Waals surface area contributed by atoms with Crippen molar-refractivity contribution >= 4 is 23.9 Å². The van der Waals surface area contributed by atoms with Crippen LogP contribution in [-0.4, -0.2) is 19.6 Å². The molecular weight excluding hydrogens is 419 g/mol. The van der Waals surface area contributed by atoms with Gasteiger partial charge in [-0.05, 0) is 0 Å². The molecule has 0 fully saturated rings. The fourth-order valence-corrected chi connectivity index (χ4v) is 2.20. The molecule has 14 heavy (non-hydrogen) atoms. The fourth-order valence-electron chi connectivity index (χ4n) is 0.211. The van der Waals surface area contributed by atoms with E-state index >= 15 is 0 Å². The zero-order valence-corrected chi connectivity index (χ0v) is 13.9. The number of phosphoric acid groups is 2. The van der Waals surface area contributed by atoms with Gasteiger partial charge in [0.2, 0.25) is 0 Å². The maximum Gasteiger partial charge on any atom is 0.476 e. The van der Waals surface area contributed by atoms with Gasteiger partial charge in [0.05, 0.1) is 0 Å². The Labute approximate surface area is 117 Å². The van der Waals surface area contributed by atoms with Crippen LogP contribution in [0.1, 0.15) is 0 Å². The summed E-state index contributed by atoms with van der Waals surface area (Å²) in [5.41, 5.74) is 0. The average Bonchev–Trinajstić information content (AvgIpc) is 1.49. The maximum atomic E-state index is 10.2. The Morgan fingerprint density at radius 2 is 1.07 bits per heavy atom. The van der Waals surface area contributed by atoms with Crippen LogP contribution in [0.4, 0.5) is 0 Å². The first-order chi connectivity index (χ1) is 5.10. The van der Waals surface area contributed by atoms with Crippen molar-refractivity contribution in [3.63, 3.8) is 0 Å². The molecule has 0 aliphatic heterocycles. The number of hydrogen-bond acceptors (Lipinski definition) is 5. The largest absolute Gasteiger partial charge is 0.476 e. The van der Waals surface area contributed by atoms with Crippen molar-refractivity contribution in [2.45, 2.75) is 0 Å². The Balaban J connectivity index is -0.000000605. The minimum atomic E-state index is -5.04. The first-order valence-electron chi connectivity index (χ1n) is 2.14. The molecule has 0 saturated heterocycles. The van der Waals surface area contributed by atoms with Crippen molar-refractivity contribution in [3.05, 3.63) is 0 Å². The monoisotopic (exact) mass is 422 g/mol. The fraction of sp³-hybridized carbons (Fsp3) is 0. The molecule has 0 aliphatic rings. The van der Waals surface area contributed by atoms with Crippen molar-refractivity contribution in [1.82, 2.24) is 0 Å². The van der Waals surface area contributed by atoms with Crippen LogP contribution < -0.4 is 0 Å². The Kier molecular flexibility index (Phi) is 12.8. The topological polar surface area (TPSA) is 151 Å². The molecule has 0 aromatic heterocycles. The van der Waals surface area contributed by atoms with Gasteiger partial charge < -0.3 is 19.6 Å². The van der Waals surface area contributed by atoms with Crippen LogP contribution in [0.5, 0.6) is 0 Å². The molecule has 0 aliphatic carbocycles. The summed E-state index contributed by atoms with van der Waals surface area (Å²) in [6.07, 6.45) is 0. The Morgan fingerprint density at radius 3 is 1.21 bits per heavy atom. The Morgan fingerprint density at radius 1 is 0.857 bits per heavy atom. The third kappa shape index (κ3) is 16.6. The van der Waals surface area contributed by atoms with E-state index < -0.39 is 23.9 Å². The van der Waals surface area contributed by atoms with Crippen LogP contribution in [0.2, 0.25) is 0 Å². The molecule has 14 heteroatoms. The summed E-state index contributed by atoms with van der Waals surface area (Å²) in [4.78, 5) is 31.9. The van der Waals surface area contributed by atoms with E-state index in [1.807, 2.05) is 0 Å². The molecule has 0 spiro atoms. The molecule has 0 aromatic carbocycles. The standard InChI is InChI=1S/H5O9P3.2Zr/c1-10(8-11(2,3)4)9-12(5,6)7;;/h10H,(H2,2,3,4)(H2,5,6,7);;. The smallest absolute Gasteiger partial charge is 0.302 e. The van der Waals surface area contributed by atoms with E-state index in [9.17, 15) is 13.7 Å². The second-order valence-corrected chi connectivity index (χ2v) is 5.34. The zero-order chi connectivity index (χ0) is 9.99. The third-order valence-electron chi connectivity index (χ3n) is 0.387. The molecule has 0 amide bonds. The first-order valence-corrected chi connectivity index (χ1v) is 6.43. The molecule has 0 radical (unpaired) electrons. The predicted molar refractivity (Wildman–Crippen MR) is 35.3 cm³/mol. The molecule has 0 atom stereocenters. The van der Waals surface area contributed by atoms with Gasteiger partial charge in [0.15, 0.2) is 0 Å². The van der Waals surface area contributed by atoms with Gasteiger partial charge >= 0.3 is 23.9 Å². The molecule has 0 rings (SSSR count). The molecule has 0 aromatic rings. The van der Waals surface area contributed by atoms with Crippen molar-refractivity contribution in [2.75, 3.05) is 0 Å². The van der Waals surface area contributed by atoms with Crippen LogP contribution in [0, 0.1) is 0 Å². The van der Waals surface area contributed by atoms with Gasteiger partial charge in [-0.2, -0.15) is 0 Å². The normalized spacial score (nSPS) is 11.8. The molecule has 0 bridgehead atoms. The van der Waals surface area contributed by atoms with E-state index in [1.165, 1.54) is 0 Å². The molecule has 0 unspecified atom stereocenters. The van der Waals surface area contributed by atoms with Crippen molar-refractivity contribution in [3.8, 4) is 0 Å². The summed E-state index contributed by atoms with van der Waals surface area (Å²) in [5, 5.41) is 0. The first kappa shape index (κ1) is 21.5.